The number of para-hydroxylation sites is 1. The molecule has 2 fully saturated rings. The van der Waals surface area contributed by atoms with Crippen LogP contribution in [0.2, 0.25) is 0 Å². The topological polar surface area (TPSA) is 85.3 Å². The zero-order valence-corrected chi connectivity index (χ0v) is 27.6. The van der Waals surface area contributed by atoms with Gasteiger partial charge in [-0.05, 0) is 59.2 Å². The number of hydrogen-bond acceptors (Lipinski definition) is 3. The van der Waals surface area contributed by atoms with Crippen molar-refractivity contribution in [3.8, 4) is 16.9 Å². The summed E-state index contributed by atoms with van der Waals surface area (Å²) in [5, 5.41) is 29.6. The molecule has 9 rings (SSSR count). The molecule has 4 N–H and O–H groups in total. The average Bonchev–Trinajstić information content (AvgIpc) is 3.84. The number of fused-ring (bicyclic) bond motifs is 4. The van der Waals surface area contributed by atoms with E-state index in [1.807, 2.05) is 18.2 Å². The van der Waals surface area contributed by atoms with E-state index in [0.29, 0.717) is 37.8 Å². The number of nitrogens with zero attached hydrogens (tertiary/aromatic N) is 1. The molecule has 4 aromatic carbocycles. The Kier molecular flexibility index (Phi) is 6.69. The van der Waals surface area contributed by atoms with Crippen LogP contribution in [0.3, 0.4) is 0 Å². The van der Waals surface area contributed by atoms with Gasteiger partial charge in [-0.3, -0.25) is 4.79 Å². The van der Waals surface area contributed by atoms with Crippen molar-refractivity contribution in [1.82, 2.24) is 10.3 Å². The molecule has 1 saturated carbocycles. The number of likely N-dealkylation sites (tertiary alicyclic amines) is 1. The predicted molar refractivity (Wildman–Crippen MR) is 189 cm³/mol. The number of aromatic nitrogens is 1. The Hall–Kier alpha value is -4.39. The molecule has 6 heteroatoms. The molecule has 2 bridgehead atoms. The SMILES string of the molecule is C[N@@+]1(CC2CC2)CCC23Cc4[nH]c5ccccc5c4C[C@@]2(O)C1Cc1ccc(C(=O)NCCc2ccc(-c4ccccc4)cc2)c(O)c13. The molecule has 5 aromatic rings. The van der Waals surface area contributed by atoms with Gasteiger partial charge in [-0.1, -0.05) is 78.9 Å². The van der Waals surface area contributed by atoms with E-state index in [0.717, 1.165) is 57.8 Å². The minimum Gasteiger partial charge on any atom is -0.507 e. The van der Waals surface area contributed by atoms with Gasteiger partial charge in [0.15, 0.2) is 0 Å². The van der Waals surface area contributed by atoms with Crippen molar-refractivity contribution >= 4 is 16.8 Å². The molecule has 0 radical (unpaired) electrons. The van der Waals surface area contributed by atoms with E-state index >= 15 is 0 Å². The maximum atomic E-state index is 13.7. The van der Waals surface area contributed by atoms with Gasteiger partial charge in [0, 0.05) is 65.7 Å². The average molecular weight is 639 g/mol. The van der Waals surface area contributed by atoms with Crippen LogP contribution in [0.1, 0.15) is 57.6 Å². The zero-order chi connectivity index (χ0) is 32.7. The van der Waals surface area contributed by atoms with Crippen LogP contribution < -0.4 is 5.32 Å². The van der Waals surface area contributed by atoms with Crippen molar-refractivity contribution in [2.75, 3.05) is 26.7 Å². The zero-order valence-electron chi connectivity index (χ0n) is 27.6. The first kappa shape index (κ1) is 29.7. The number of nitrogens with one attached hydrogen (secondary N) is 2. The maximum Gasteiger partial charge on any atom is 0.255 e. The Morgan fingerprint density at radius 2 is 1.69 bits per heavy atom. The molecule has 1 aliphatic heterocycles. The van der Waals surface area contributed by atoms with Gasteiger partial charge in [0.2, 0.25) is 0 Å². The number of aromatic hydroxyl groups is 1. The normalized spacial score (nSPS) is 27.2. The molecule has 4 atom stereocenters. The van der Waals surface area contributed by atoms with E-state index in [-0.39, 0.29) is 17.7 Å². The highest BCUT2D eigenvalue weighted by atomic mass is 16.3. The van der Waals surface area contributed by atoms with Crippen LogP contribution in [0, 0.1) is 5.92 Å². The number of carbonyl (C=O) groups excluding carboxylic acids is 1. The standard InChI is InChI=1S/C42H43N3O3/c1-45(26-28-11-12-28)22-20-41-25-36-34(32-9-5-6-10-35(32)44-36)24-42(41,48)37(45)23-31-17-18-33(39(46)38(31)41)40(47)43-21-19-27-13-15-30(16-14-27)29-7-3-2-4-8-29/h2-10,13-18,28,37,44,48H,11-12,19-26H2,1H3,(H-,43,46,47)/p+1/t37?,41?,42-,45+/m1/s1. The predicted octanol–water partition coefficient (Wildman–Crippen LogP) is 6.47. The van der Waals surface area contributed by atoms with Crippen molar-refractivity contribution in [2.24, 2.45) is 5.92 Å². The fraction of sp³-hybridized carbons (Fsp3) is 0.357. The molecule has 1 amide bonds. The van der Waals surface area contributed by atoms with Crippen molar-refractivity contribution in [2.45, 2.75) is 62.0 Å². The van der Waals surface area contributed by atoms with Gasteiger partial charge in [-0.25, -0.2) is 0 Å². The maximum absolute atomic E-state index is 13.7. The van der Waals surface area contributed by atoms with Gasteiger partial charge in [-0.2, -0.15) is 0 Å². The van der Waals surface area contributed by atoms with Crippen molar-refractivity contribution in [1.29, 1.82) is 0 Å². The number of likely N-dealkylation sites (N-methyl/N-ethyl adjacent to an activating group) is 1. The van der Waals surface area contributed by atoms with E-state index in [1.165, 1.54) is 34.9 Å². The monoisotopic (exact) mass is 638 g/mol. The van der Waals surface area contributed by atoms with Gasteiger partial charge in [0.25, 0.3) is 5.91 Å². The number of amides is 1. The Labute approximate surface area is 282 Å². The number of rotatable bonds is 7. The molecular formula is C42H44N3O3+. The minimum atomic E-state index is -1.04. The summed E-state index contributed by atoms with van der Waals surface area (Å²) >= 11 is 0. The molecule has 244 valence electrons. The number of piperidine rings is 1. The summed E-state index contributed by atoms with van der Waals surface area (Å²) in [4.78, 5) is 17.4. The van der Waals surface area contributed by atoms with Crippen LogP contribution in [-0.2, 0) is 31.1 Å². The van der Waals surface area contributed by atoms with Crippen LogP contribution >= 0.6 is 0 Å². The molecule has 48 heavy (non-hydrogen) atoms. The molecule has 2 unspecified atom stereocenters. The second-order valence-electron chi connectivity index (χ2n) is 15.4. The first-order valence-corrected chi connectivity index (χ1v) is 17.7. The van der Waals surface area contributed by atoms with Gasteiger partial charge in [0.05, 0.1) is 25.7 Å². The number of phenols is 1. The first-order chi connectivity index (χ1) is 23.3. The summed E-state index contributed by atoms with van der Waals surface area (Å²) in [5.41, 5.74) is 7.40. The molecule has 0 spiro atoms. The van der Waals surface area contributed by atoms with Crippen molar-refractivity contribution < 1.29 is 19.5 Å². The van der Waals surface area contributed by atoms with Crippen LogP contribution in [0.15, 0.2) is 91.0 Å². The van der Waals surface area contributed by atoms with E-state index in [1.54, 1.807) is 6.07 Å². The minimum absolute atomic E-state index is 0.0218. The highest BCUT2D eigenvalue weighted by molar-refractivity contribution is 5.97. The fourth-order valence-electron chi connectivity index (χ4n) is 9.93. The van der Waals surface area contributed by atoms with E-state index in [9.17, 15) is 15.0 Å². The van der Waals surface area contributed by atoms with Crippen LogP contribution in [-0.4, -0.2) is 63.9 Å². The van der Waals surface area contributed by atoms with Crippen molar-refractivity contribution in [3.05, 3.63) is 125 Å². The third-order valence-electron chi connectivity index (χ3n) is 12.5. The Bertz CT molecular complexity index is 2050. The quantitative estimate of drug-likeness (QED) is 0.154. The third-order valence-corrected chi connectivity index (χ3v) is 12.5. The number of aromatic amines is 1. The lowest BCUT2D eigenvalue weighted by Gasteiger charge is -2.65. The number of carbonyl (C=O) groups is 1. The van der Waals surface area contributed by atoms with Crippen molar-refractivity contribution in [3.63, 3.8) is 0 Å². The molecular weight excluding hydrogens is 594 g/mol. The Morgan fingerprint density at radius 1 is 0.938 bits per heavy atom. The highest BCUT2D eigenvalue weighted by Crippen LogP contribution is 2.61. The summed E-state index contributed by atoms with van der Waals surface area (Å²) < 4.78 is 0.870. The van der Waals surface area contributed by atoms with Crippen LogP contribution in [0.5, 0.6) is 5.75 Å². The number of aliphatic hydroxyl groups is 1. The van der Waals surface area contributed by atoms with E-state index in [2.05, 4.69) is 84.1 Å². The largest absolute Gasteiger partial charge is 0.507 e. The number of quaternary nitrogens is 1. The second kappa shape index (κ2) is 10.8. The lowest BCUT2D eigenvalue weighted by Crippen LogP contribution is -2.79. The molecule has 2 heterocycles. The van der Waals surface area contributed by atoms with E-state index in [4.69, 9.17) is 0 Å². The number of benzene rings is 4. The van der Waals surface area contributed by atoms with Crippen LogP contribution in [0.4, 0.5) is 0 Å². The molecule has 3 aliphatic carbocycles. The van der Waals surface area contributed by atoms with E-state index < -0.39 is 11.0 Å². The van der Waals surface area contributed by atoms with Gasteiger partial charge in [0.1, 0.15) is 17.4 Å². The molecule has 1 saturated heterocycles. The van der Waals surface area contributed by atoms with Gasteiger partial charge < -0.3 is 25.0 Å². The summed E-state index contributed by atoms with van der Waals surface area (Å²) in [6.07, 6.45) is 5.90. The highest BCUT2D eigenvalue weighted by Gasteiger charge is 2.70. The van der Waals surface area contributed by atoms with Crippen LogP contribution in [0.25, 0.3) is 22.0 Å². The number of hydrogen-bond donors (Lipinski definition) is 4. The summed E-state index contributed by atoms with van der Waals surface area (Å²) in [5.74, 6) is 0.512. The molecule has 6 nitrogen and oxygen atoms in total. The number of H-pyrrole nitrogens is 1. The summed E-state index contributed by atoms with van der Waals surface area (Å²) in [7, 11) is 2.36. The Balaban J connectivity index is 1.03. The number of phenolic OH excluding ortho intramolecular Hbond substituents is 1. The second-order valence-corrected chi connectivity index (χ2v) is 15.4. The van der Waals surface area contributed by atoms with Gasteiger partial charge >= 0.3 is 0 Å². The lowest BCUT2D eigenvalue weighted by atomic mass is 9.48. The fourth-order valence-corrected chi connectivity index (χ4v) is 9.93. The third kappa shape index (κ3) is 4.49. The first-order valence-electron chi connectivity index (χ1n) is 17.7. The van der Waals surface area contributed by atoms with Gasteiger partial charge in [-0.15, -0.1) is 0 Å². The summed E-state index contributed by atoms with van der Waals surface area (Å²) in [6.45, 7) is 2.52. The molecule has 1 aromatic heterocycles. The molecule has 4 aliphatic rings. The lowest BCUT2D eigenvalue weighted by molar-refractivity contribution is -0.950. The Morgan fingerprint density at radius 3 is 2.48 bits per heavy atom. The smallest absolute Gasteiger partial charge is 0.255 e. The summed E-state index contributed by atoms with van der Waals surface area (Å²) in [6, 6.07) is 31.1.